The zero-order valence-electron chi connectivity index (χ0n) is 15.0. The van der Waals surface area contributed by atoms with Crippen molar-refractivity contribution in [2.24, 2.45) is 0 Å². The van der Waals surface area contributed by atoms with Gasteiger partial charge in [0.2, 0.25) is 0 Å². The van der Waals surface area contributed by atoms with Gasteiger partial charge < -0.3 is 9.15 Å². The molecule has 2 heterocycles. The molecule has 0 fully saturated rings. The largest absolute Gasteiger partial charge is 0.426 e. The van der Waals surface area contributed by atoms with Crippen molar-refractivity contribution in [3.8, 4) is 5.75 Å². The summed E-state index contributed by atoms with van der Waals surface area (Å²) in [5.41, 5.74) is 4.01. The van der Waals surface area contributed by atoms with Gasteiger partial charge in [-0.25, -0.2) is 4.79 Å². The van der Waals surface area contributed by atoms with Crippen LogP contribution in [0.15, 0.2) is 51.7 Å². The van der Waals surface area contributed by atoms with Gasteiger partial charge in [-0.05, 0) is 41.7 Å². The van der Waals surface area contributed by atoms with Crippen LogP contribution in [0.1, 0.15) is 54.4 Å². The predicted molar refractivity (Wildman–Crippen MR) is 99.8 cm³/mol. The first-order valence-electron chi connectivity index (χ1n) is 8.82. The number of ether oxygens (including phenoxy) is 1. The number of benzene rings is 2. The van der Waals surface area contributed by atoms with E-state index in [1.807, 2.05) is 13.0 Å². The van der Waals surface area contributed by atoms with E-state index in [0.29, 0.717) is 17.3 Å². The van der Waals surface area contributed by atoms with Crippen LogP contribution in [0.25, 0.3) is 11.0 Å². The quantitative estimate of drug-likeness (QED) is 0.384. The highest BCUT2D eigenvalue weighted by Crippen LogP contribution is 2.43. The van der Waals surface area contributed by atoms with Crippen LogP contribution in [-0.4, -0.2) is 5.97 Å². The summed E-state index contributed by atoms with van der Waals surface area (Å²) >= 11 is 0. The van der Waals surface area contributed by atoms with Gasteiger partial charge in [0.05, 0.1) is 6.42 Å². The van der Waals surface area contributed by atoms with Gasteiger partial charge in [0.15, 0.2) is 0 Å². The Balaban J connectivity index is 1.95. The highest BCUT2D eigenvalue weighted by Gasteiger charge is 2.31. The molecule has 0 saturated heterocycles. The fraction of sp³-hybridized carbons (Fsp3) is 0.273. The number of esters is 1. The second kappa shape index (κ2) is 6.13. The number of carbonyl (C=O) groups is 1. The van der Waals surface area contributed by atoms with Gasteiger partial charge in [-0.15, -0.1) is 0 Å². The Bertz CT molecular complexity index is 1060. The lowest BCUT2D eigenvalue weighted by atomic mass is 9.84. The third-order valence-corrected chi connectivity index (χ3v) is 5.07. The average molecular weight is 348 g/mol. The molecule has 0 unspecified atom stereocenters. The first kappa shape index (κ1) is 16.6. The van der Waals surface area contributed by atoms with E-state index in [2.05, 4.69) is 38.1 Å². The minimum Gasteiger partial charge on any atom is -0.426 e. The molecule has 4 nitrogen and oxygen atoms in total. The third kappa shape index (κ3) is 2.71. The summed E-state index contributed by atoms with van der Waals surface area (Å²) in [5.74, 6) is 0.445. The molecule has 26 heavy (non-hydrogen) atoms. The second-order valence-electron chi connectivity index (χ2n) is 7.15. The number of carbonyl (C=O) groups excluding carboxylic acids is 1. The standard InChI is InChI=1S/C22H20O4/c1-12(2)14-4-6-15(7-5-14)17-11-20(24)25-18-9-8-16-13(3)10-19(23)26-22(16)21(17)18/h4-10,12,17H,11H2,1-3H3/t17-/m1/s1. The molecule has 2 aromatic carbocycles. The fourth-order valence-corrected chi connectivity index (χ4v) is 3.64. The van der Waals surface area contributed by atoms with E-state index in [0.717, 1.165) is 22.1 Å². The van der Waals surface area contributed by atoms with E-state index >= 15 is 0 Å². The molecule has 1 aromatic heterocycles. The number of hydrogen-bond donors (Lipinski definition) is 0. The molecule has 132 valence electrons. The Hall–Kier alpha value is -2.88. The van der Waals surface area contributed by atoms with Crippen LogP contribution in [0.2, 0.25) is 0 Å². The molecule has 0 amide bonds. The third-order valence-electron chi connectivity index (χ3n) is 5.07. The first-order chi connectivity index (χ1) is 12.4. The van der Waals surface area contributed by atoms with E-state index in [1.165, 1.54) is 11.6 Å². The topological polar surface area (TPSA) is 56.5 Å². The smallest absolute Gasteiger partial charge is 0.336 e. The highest BCUT2D eigenvalue weighted by atomic mass is 16.5. The zero-order valence-corrected chi connectivity index (χ0v) is 15.0. The van der Waals surface area contributed by atoms with Crippen LogP contribution in [0.3, 0.4) is 0 Å². The molecule has 0 aliphatic carbocycles. The monoisotopic (exact) mass is 348 g/mol. The normalized spacial score (nSPS) is 16.6. The average Bonchev–Trinajstić information content (AvgIpc) is 2.60. The Morgan fingerprint density at radius 3 is 2.46 bits per heavy atom. The molecule has 0 N–H and O–H groups in total. The molecule has 0 saturated carbocycles. The van der Waals surface area contributed by atoms with Crippen molar-refractivity contribution in [2.45, 2.75) is 39.0 Å². The van der Waals surface area contributed by atoms with Crippen molar-refractivity contribution in [2.75, 3.05) is 0 Å². The van der Waals surface area contributed by atoms with Gasteiger partial charge in [0.1, 0.15) is 11.3 Å². The summed E-state index contributed by atoms with van der Waals surface area (Å²) < 4.78 is 11.0. The molecule has 3 aromatic rings. The van der Waals surface area contributed by atoms with Crippen LogP contribution in [-0.2, 0) is 4.79 Å². The van der Waals surface area contributed by atoms with Crippen LogP contribution in [0, 0.1) is 6.92 Å². The SMILES string of the molecule is Cc1cc(=O)oc2c3c(ccc12)OC(=O)C[C@@H]3c1ccc(C(C)C)cc1. The van der Waals surface area contributed by atoms with E-state index in [9.17, 15) is 9.59 Å². The minimum atomic E-state index is -0.394. The van der Waals surface area contributed by atoms with Crippen LogP contribution >= 0.6 is 0 Å². The molecule has 4 heteroatoms. The van der Waals surface area contributed by atoms with Crippen LogP contribution in [0.4, 0.5) is 0 Å². The molecule has 1 atom stereocenters. The molecule has 0 radical (unpaired) electrons. The molecule has 1 aliphatic heterocycles. The van der Waals surface area contributed by atoms with Crippen molar-refractivity contribution in [3.05, 3.63) is 75.1 Å². The van der Waals surface area contributed by atoms with Gasteiger partial charge in [0.25, 0.3) is 0 Å². The summed E-state index contributed by atoms with van der Waals surface area (Å²) in [7, 11) is 0. The Morgan fingerprint density at radius 1 is 1.04 bits per heavy atom. The molecular weight excluding hydrogens is 328 g/mol. The van der Waals surface area contributed by atoms with Gasteiger partial charge in [-0.2, -0.15) is 0 Å². The Morgan fingerprint density at radius 2 is 1.77 bits per heavy atom. The van der Waals surface area contributed by atoms with Crippen LogP contribution in [0.5, 0.6) is 5.75 Å². The lowest BCUT2D eigenvalue weighted by Gasteiger charge is -2.26. The van der Waals surface area contributed by atoms with E-state index in [4.69, 9.17) is 9.15 Å². The van der Waals surface area contributed by atoms with Crippen molar-refractivity contribution in [3.63, 3.8) is 0 Å². The van der Waals surface area contributed by atoms with Crippen molar-refractivity contribution in [1.82, 2.24) is 0 Å². The lowest BCUT2D eigenvalue weighted by molar-refractivity contribution is -0.135. The zero-order chi connectivity index (χ0) is 18.4. The maximum absolute atomic E-state index is 12.1. The number of aryl methyl sites for hydroxylation is 1. The predicted octanol–water partition coefficient (Wildman–Crippen LogP) is 4.67. The summed E-state index contributed by atoms with van der Waals surface area (Å²) in [6.07, 6.45) is 0.227. The first-order valence-corrected chi connectivity index (χ1v) is 8.82. The Labute approximate surface area is 151 Å². The summed E-state index contributed by atoms with van der Waals surface area (Å²) in [6, 6.07) is 13.4. The summed E-state index contributed by atoms with van der Waals surface area (Å²) in [4.78, 5) is 24.1. The molecule has 0 spiro atoms. The molecular formula is C22H20O4. The van der Waals surface area contributed by atoms with E-state index in [1.54, 1.807) is 6.07 Å². The highest BCUT2D eigenvalue weighted by molar-refractivity contribution is 5.89. The van der Waals surface area contributed by atoms with Crippen molar-refractivity contribution >= 4 is 16.9 Å². The minimum absolute atomic E-state index is 0.193. The number of hydrogen-bond acceptors (Lipinski definition) is 4. The van der Waals surface area contributed by atoms with Crippen molar-refractivity contribution < 1.29 is 13.9 Å². The number of rotatable bonds is 2. The molecule has 0 bridgehead atoms. The maximum Gasteiger partial charge on any atom is 0.336 e. The Kier molecular flexibility index (Phi) is 3.91. The fourth-order valence-electron chi connectivity index (χ4n) is 3.64. The van der Waals surface area contributed by atoms with Gasteiger partial charge >= 0.3 is 11.6 Å². The van der Waals surface area contributed by atoms with Gasteiger partial charge in [-0.1, -0.05) is 38.1 Å². The maximum atomic E-state index is 12.1. The number of fused-ring (bicyclic) bond motifs is 3. The van der Waals surface area contributed by atoms with Gasteiger partial charge in [-0.3, -0.25) is 4.79 Å². The van der Waals surface area contributed by atoms with E-state index in [-0.39, 0.29) is 18.3 Å². The molecule has 4 rings (SSSR count). The second-order valence-corrected chi connectivity index (χ2v) is 7.15. The van der Waals surface area contributed by atoms with Crippen LogP contribution < -0.4 is 10.4 Å². The summed E-state index contributed by atoms with van der Waals surface area (Å²) in [6.45, 7) is 6.17. The summed E-state index contributed by atoms with van der Waals surface area (Å²) in [5, 5.41) is 0.866. The lowest BCUT2D eigenvalue weighted by Crippen LogP contribution is -2.21. The molecule has 1 aliphatic rings. The van der Waals surface area contributed by atoms with Gasteiger partial charge in [0, 0.05) is 22.9 Å². The van der Waals surface area contributed by atoms with Crippen molar-refractivity contribution in [1.29, 1.82) is 0 Å². The van der Waals surface area contributed by atoms with E-state index < -0.39 is 5.63 Å².